The first-order valence-corrected chi connectivity index (χ1v) is 13.9. The molecule has 18 heteroatoms. The Morgan fingerprint density at radius 2 is 1.34 bits per heavy atom. The average Bonchev–Trinajstić information content (AvgIpc) is 2.64. The van der Waals surface area contributed by atoms with Crippen LogP contribution in [-0.2, 0) is 33.3 Å². The summed E-state index contributed by atoms with van der Waals surface area (Å²) in [4.78, 5) is 0. The van der Waals surface area contributed by atoms with Gasteiger partial charge in [-0.05, 0) is 19.3 Å². The minimum atomic E-state index is -6.72. The van der Waals surface area contributed by atoms with E-state index in [1.165, 1.54) is 32.4 Å². The number of rotatable bonds is 8. The average molecular weight is 543 g/mol. The van der Waals surface area contributed by atoms with Gasteiger partial charge in [-0.3, -0.25) is 0 Å². The maximum atomic E-state index is 11.4. The summed E-state index contributed by atoms with van der Waals surface area (Å²) < 4.78 is 127. The van der Waals surface area contributed by atoms with Gasteiger partial charge in [0.05, 0.1) is 20.1 Å². The molecule has 0 aromatic heterocycles. The van der Waals surface area contributed by atoms with Crippen LogP contribution in [0.1, 0.15) is 26.2 Å². The Bertz CT molecular complexity index is 753. The topological polar surface area (TPSA) is 110 Å². The van der Waals surface area contributed by atoms with E-state index in [9.17, 15) is 43.2 Å². The Hall–Kier alpha value is -0.503. The van der Waals surface area contributed by atoms with E-state index in [1.807, 2.05) is 0 Å². The molecule has 0 radical (unpaired) electrons. The lowest BCUT2D eigenvalue weighted by atomic mass is 9.95. The lowest BCUT2D eigenvalue weighted by Gasteiger charge is -2.43. The van der Waals surface area contributed by atoms with Crippen LogP contribution in [0.5, 0.6) is 0 Å². The Balaban J connectivity index is 0.000000607. The molecule has 2 unspecified atom stereocenters. The second kappa shape index (κ2) is 11.3. The molecule has 1 heterocycles. The van der Waals surface area contributed by atoms with E-state index in [2.05, 4.69) is 14.0 Å². The van der Waals surface area contributed by atoms with Crippen molar-refractivity contribution < 1.29 is 60.9 Å². The number of sulfonamides is 2. The molecule has 1 rings (SSSR count). The molecular weight excluding hydrogens is 514 g/mol. The fourth-order valence-electron chi connectivity index (χ4n) is 3.17. The maximum Gasteiger partial charge on any atom is 0.558 e. The summed E-state index contributed by atoms with van der Waals surface area (Å²) in [6, 6.07) is 0. The zero-order chi connectivity index (χ0) is 25.6. The first kappa shape index (κ1) is 31.5. The lowest BCUT2D eigenvalue weighted by Crippen LogP contribution is -2.63. The molecule has 2 atom stereocenters. The number of hydrogen-bond acceptors (Lipinski definition) is 7. The summed E-state index contributed by atoms with van der Waals surface area (Å²) in [6.07, 6.45) is 4.82. The highest BCUT2D eigenvalue weighted by molar-refractivity contribution is 8.13. The van der Waals surface area contributed by atoms with E-state index in [0.29, 0.717) is 0 Å². The Morgan fingerprint density at radius 3 is 1.66 bits per heavy atom. The summed E-state index contributed by atoms with van der Waals surface area (Å²) in [5, 5.41) is 0. The highest BCUT2D eigenvalue weighted by Gasteiger charge is 2.48. The van der Waals surface area contributed by atoms with Crippen LogP contribution in [0.2, 0.25) is 0 Å². The van der Waals surface area contributed by atoms with E-state index >= 15 is 0 Å². The minimum absolute atomic E-state index is 0.778. The summed E-state index contributed by atoms with van der Waals surface area (Å²) in [6.45, 7) is 4.72. The normalized spacial score (nSPS) is 23.4. The summed E-state index contributed by atoms with van der Waals surface area (Å²) in [7, 11) is -8.48. The van der Waals surface area contributed by atoms with Crippen LogP contribution in [0.15, 0.2) is 0 Å². The zero-order valence-corrected chi connectivity index (χ0v) is 20.8. The van der Waals surface area contributed by atoms with Gasteiger partial charge in [-0.15, -0.1) is 0 Å². The molecule has 1 saturated heterocycles. The maximum absolute atomic E-state index is 11.4. The second-order valence-electron chi connectivity index (χ2n) is 7.31. The van der Waals surface area contributed by atoms with Gasteiger partial charge in [0, 0.05) is 27.2 Å². The number of likely N-dealkylation sites (tertiary alicyclic amines) is 1. The van der Waals surface area contributed by atoms with Crippen molar-refractivity contribution in [2.45, 2.75) is 37.2 Å². The Morgan fingerprint density at radius 1 is 0.938 bits per heavy atom. The molecule has 32 heavy (non-hydrogen) atoms. The Labute approximate surface area is 185 Å². The van der Waals surface area contributed by atoms with Crippen molar-refractivity contribution in [2.75, 3.05) is 47.6 Å². The van der Waals surface area contributed by atoms with Gasteiger partial charge in [-0.1, -0.05) is 6.92 Å². The van der Waals surface area contributed by atoms with Crippen molar-refractivity contribution in [3.63, 3.8) is 0 Å². The molecule has 1 aliphatic rings. The molecule has 194 valence electrons. The zero-order valence-electron chi connectivity index (χ0n) is 18.2. The van der Waals surface area contributed by atoms with Crippen LogP contribution >= 0.6 is 0 Å². The predicted octanol–water partition coefficient (Wildman–Crippen LogP) is 2.73. The molecule has 0 saturated carbocycles. The lowest BCUT2D eigenvalue weighted by molar-refractivity contribution is -0.910. The van der Waals surface area contributed by atoms with E-state index in [0.717, 1.165) is 20.7 Å². The predicted molar refractivity (Wildman–Crippen MR) is 104 cm³/mol. The summed E-state index contributed by atoms with van der Waals surface area (Å²) in [5.74, 6) is 0.839. The Kier molecular flexibility index (Phi) is 11.1. The van der Waals surface area contributed by atoms with Crippen molar-refractivity contribution in [1.29, 1.82) is 0 Å². The van der Waals surface area contributed by atoms with Gasteiger partial charge in [-0.25, -0.2) is 16.8 Å². The fraction of sp³-hybridized carbons (Fsp3) is 1.00. The highest BCUT2D eigenvalue weighted by Crippen LogP contribution is 2.36. The standard InChI is InChI=1S/C12H28NO3Si.C2F6NO4S2/c1-6-12-8-7-9-13(2,10-12)11-17(14-3,15-4)16-5;3-1(4,5)14(10,11)9-15(12,13)2(6,7)8/h12H,6-11H2,1-5H3;/q+1;-1. The van der Waals surface area contributed by atoms with Gasteiger partial charge in [0.2, 0.25) is 0 Å². The van der Waals surface area contributed by atoms with Gasteiger partial charge in [-0.2, -0.15) is 26.3 Å². The van der Waals surface area contributed by atoms with Gasteiger partial charge in [0.25, 0.3) is 0 Å². The summed E-state index contributed by atoms with van der Waals surface area (Å²) in [5.41, 5.74) is -12.4. The third-order valence-electron chi connectivity index (χ3n) is 4.88. The molecule has 0 aromatic carbocycles. The summed E-state index contributed by atoms with van der Waals surface area (Å²) >= 11 is 0. The molecule has 9 nitrogen and oxygen atoms in total. The molecule has 0 N–H and O–H groups in total. The molecule has 0 amide bonds. The van der Waals surface area contributed by atoms with E-state index in [-0.39, 0.29) is 0 Å². The molecular formula is C14H28F6N2O7S2Si. The first-order valence-electron chi connectivity index (χ1n) is 9.09. The van der Waals surface area contributed by atoms with Gasteiger partial charge in [0.15, 0.2) is 20.0 Å². The van der Waals surface area contributed by atoms with Crippen molar-refractivity contribution in [1.82, 2.24) is 0 Å². The minimum Gasteiger partial charge on any atom is -0.421 e. The van der Waals surface area contributed by atoms with Crippen LogP contribution in [0, 0.1) is 5.92 Å². The number of hydrogen-bond donors (Lipinski definition) is 0. The van der Waals surface area contributed by atoms with Gasteiger partial charge in [0.1, 0.15) is 6.17 Å². The van der Waals surface area contributed by atoms with Crippen molar-refractivity contribution in [3.05, 3.63) is 4.13 Å². The molecule has 0 aliphatic carbocycles. The number of quaternary nitrogens is 1. The van der Waals surface area contributed by atoms with E-state index in [4.69, 9.17) is 13.3 Å². The van der Waals surface area contributed by atoms with Crippen molar-refractivity contribution in [3.8, 4) is 0 Å². The molecule has 0 spiro atoms. The second-order valence-corrected chi connectivity index (χ2v) is 13.6. The molecule has 0 aromatic rings. The van der Waals surface area contributed by atoms with Gasteiger partial charge < -0.3 is 21.9 Å². The van der Waals surface area contributed by atoms with Crippen LogP contribution in [0.25, 0.3) is 4.13 Å². The third kappa shape index (κ3) is 8.69. The third-order valence-corrected chi connectivity index (χ3v) is 10.6. The number of nitrogens with zero attached hydrogens (tertiary/aromatic N) is 2. The first-order chi connectivity index (χ1) is 14.2. The smallest absolute Gasteiger partial charge is 0.421 e. The van der Waals surface area contributed by atoms with Crippen LogP contribution in [0.3, 0.4) is 0 Å². The SMILES string of the molecule is CCC1CCC[N+](C)(C[Si](OC)(OC)OC)C1.O=S(=O)([N-]S(=O)(=O)C(F)(F)F)C(F)(F)F. The van der Waals surface area contributed by atoms with Crippen molar-refractivity contribution in [2.24, 2.45) is 5.92 Å². The van der Waals surface area contributed by atoms with Crippen LogP contribution in [-0.4, -0.2) is 88.8 Å². The monoisotopic (exact) mass is 542 g/mol. The van der Waals surface area contributed by atoms with Crippen molar-refractivity contribution >= 4 is 28.9 Å². The molecule has 1 aliphatic heterocycles. The number of alkyl halides is 6. The van der Waals surface area contributed by atoms with Crippen LogP contribution in [0.4, 0.5) is 26.3 Å². The van der Waals surface area contributed by atoms with E-state index < -0.39 is 39.9 Å². The largest absolute Gasteiger partial charge is 0.558 e. The quantitative estimate of drug-likeness (QED) is 0.264. The number of piperidine rings is 1. The van der Waals surface area contributed by atoms with Gasteiger partial charge >= 0.3 is 19.8 Å². The fourth-order valence-corrected chi connectivity index (χ4v) is 6.99. The molecule has 0 bridgehead atoms. The highest BCUT2D eigenvalue weighted by atomic mass is 32.3. The number of halogens is 6. The molecule has 1 fully saturated rings. The van der Waals surface area contributed by atoms with E-state index in [1.54, 1.807) is 21.3 Å². The van der Waals surface area contributed by atoms with Crippen LogP contribution < -0.4 is 0 Å².